The Balaban J connectivity index is 1.74. The number of hydrogen-bond acceptors (Lipinski definition) is 6. The van der Waals surface area contributed by atoms with Crippen molar-refractivity contribution in [3.05, 3.63) is 47.5 Å². The van der Waals surface area contributed by atoms with E-state index in [4.69, 9.17) is 9.47 Å². The molecule has 25 heavy (non-hydrogen) atoms. The van der Waals surface area contributed by atoms with E-state index in [1.165, 1.54) is 11.1 Å². The monoisotopic (exact) mass is 357 g/mol. The molecule has 1 aromatic heterocycles. The molecule has 3 aromatic rings. The average Bonchev–Trinajstić information content (AvgIpc) is 3.01. The summed E-state index contributed by atoms with van der Waals surface area (Å²) in [7, 11) is 7.50. The third-order valence-electron chi connectivity index (χ3n) is 3.87. The van der Waals surface area contributed by atoms with Crippen LogP contribution in [0.3, 0.4) is 0 Å². The van der Waals surface area contributed by atoms with E-state index < -0.39 is 0 Å². The molecule has 132 valence electrons. The van der Waals surface area contributed by atoms with Crippen LogP contribution in [0.5, 0.6) is 11.5 Å². The van der Waals surface area contributed by atoms with Crippen LogP contribution < -0.4 is 14.8 Å². The van der Waals surface area contributed by atoms with E-state index in [2.05, 4.69) is 41.4 Å². The molecule has 5 nitrogen and oxygen atoms in total. The van der Waals surface area contributed by atoms with Crippen LogP contribution in [0.1, 0.15) is 11.1 Å². The van der Waals surface area contributed by atoms with Crippen molar-refractivity contribution in [2.75, 3.05) is 33.6 Å². The first-order chi connectivity index (χ1) is 12.1. The number of nitrogens with one attached hydrogen (secondary N) is 1. The van der Waals surface area contributed by atoms with Gasteiger partial charge in [-0.1, -0.05) is 17.4 Å². The smallest absolute Gasteiger partial charge is 0.184 e. The summed E-state index contributed by atoms with van der Waals surface area (Å²) in [6.07, 6.45) is 0. The first-order valence-corrected chi connectivity index (χ1v) is 8.89. The van der Waals surface area contributed by atoms with Crippen molar-refractivity contribution in [3.8, 4) is 11.5 Å². The molecular weight excluding hydrogens is 334 g/mol. The van der Waals surface area contributed by atoms with Gasteiger partial charge in [-0.15, -0.1) is 0 Å². The van der Waals surface area contributed by atoms with E-state index in [0.29, 0.717) is 0 Å². The fourth-order valence-electron chi connectivity index (χ4n) is 2.69. The van der Waals surface area contributed by atoms with E-state index in [-0.39, 0.29) is 0 Å². The topological polar surface area (TPSA) is 46.6 Å². The Labute approximate surface area is 152 Å². The van der Waals surface area contributed by atoms with Crippen LogP contribution in [0.4, 0.5) is 5.13 Å². The number of anilines is 1. The number of aromatic nitrogens is 1. The lowest BCUT2D eigenvalue weighted by Gasteiger charge is -2.15. The van der Waals surface area contributed by atoms with Crippen molar-refractivity contribution in [1.29, 1.82) is 0 Å². The SMILES string of the molecule is COc1ccc2nc(NCc3ccc(OC)c(CN(C)C)c3)sc2c1. The van der Waals surface area contributed by atoms with E-state index in [0.717, 1.165) is 39.9 Å². The highest BCUT2D eigenvalue weighted by molar-refractivity contribution is 7.22. The van der Waals surface area contributed by atoms with Gasteiger partial charge in [-0.25, -0.2) is 4.98 Å². The van der Waals surface area contributed by atoms with Crippen molar-refractivity contribution in [2.45, 2.75) is 13.1 Å². The normalized spacial score (nSPS) is 11.1. The second-order valence-corrected chi connectivity index (χ2v) is 7.12. The molecule has 0 unspecified atom stereocenters. The zero-order valence-electron chi connectivity index (χ0n) is 15.0. The predicted molar refractivity (Wildman–Crippen MR) is 104 cm³/mol. The van der Waals surface area contributed by atoms with Gasteiger partial charge in [0.15, 0.2) is 5.13 Å². The largest absolute Gasteiger partial charge is 0.497 e. The summed E-state index contributed by atoms with van der Waals surface area (Å²) in [6.45, 7) is 1.57. The fourth-order valence-corrected chi connectivity index (χ4v) is 3.58. The van der Waals surface area contributed by atoms with Crippen molar-refractivity contribution < 1.29 is 9.47 Å². The average molecular weight is 357 g/mol. The molecule has 2 aromatic carbocycles. The van der Waals surface area contributed by atoms with Crippen molar-refractivity contribution in [1.82, 2.24) is 9.88 Å². The molecule has 0 atom stereocenters. The zero-order valence-corrected chi connectivity index (χ0v) is 15.8. The molecule has 0 saturated carbocycles. The van der Waals surface area contributed by atoms with Crippen molar-refractivity contribution in [3.63, 3.8) is 0 Å². The predicted octanol–water partition coefficient (Wildman–Crippen LogP) is 3.99. The van der Waals surface area contributed by atoms with Crippen LogP contribution in [0.25, 0.3) is 10.2 Å². The molecular formula is C19H23N3O2S. The Morgan fingerprint density at radius 2 is 1.92 bits per heavy atom. The highest BCUT2D eigenvalue weighted by Gasteiger charge is 2.08. The van der Waals surface area contributed by atoms with Gasteiger partial charge in [0, 0.05) is 18.7 Å². The quantitative estimate of drug-likeness (QED) is 0.693. The molecule has 0 fully saturated rings. The second-order valence-electron chi connectivity index (χ2n) is 6.09. The van der Waals surface area contributed by atoms with Gasteiger partial charge in [-0.05, 0) is 50.0 Å². The Hall–Kier alpha value is -2.31. The van der Waals surface area contributed by atoms with E-state index in [1.807, 2.05) is 24.3 Å². The molecule has 0 amide bonds. The van der Waals surface area contributed by atoms with Gasteiger partial charge < -0.3 is 19.7 Å². The molecule has 0 spiro atoms. The van der Waals surface area contributed by atoms with Gasteiger partial charge in [-0.2, -0.15) is 0 Å². The lowest BCUT2D eigenvalue weighted by Crippen LogP contribution is -2.12. The number of methoxy groups -OCH3 is 2. The van der Waals surface area contributed by atoms with Crippen LogP contribution in [-0.4, -0.2) is 38.2 Å². The highest BCUT2D eigenvalue weighted by Crippen LogP contribution is 2.29. The Morgan fingerprint density at radius 3 is 2.64 bits per heavy atom. The van der Waals surface area contributed by atoms with Crippen molar-refractivity contribution >= 4 is 26.7 Å². The third kappa shape index (κ3) is 4.21. The molecule has 0 aliphatic rings. The molecule has 3 rings (SSSR count). The van der Waals surface area contributed by atoms with E-state index in [9.17, 15) is 0 Å². The Morgan fingerprint density at radius 1 is 1.08 bits per heavy atom. The Kier molecular flexibility index (Phi) is 5.40. The summed E-state index contributed by atoms with van der Waals surface area (Å²) in [6, 6.07) is 12.2. The Bertz CT molecular complexity index is 861. The molecule has 0 aliphatic carbocycles. The number of rotatable bonds is 7. The number of fused-ring (bicyclic) bond motifs is 1. The summed E-state index contributed by atoms with van der Waals surface area (Å²) in [5.41, 5.74) is 3.37. The van der Waals surface area contributed by atoms with Gasteiger partial charge >= 0.3 is 0 Å². The number of nitrogens with zero attached hydrogens (tertiary/aromatic N) is 2. The van der Waals surface area contributed by atoms with Gasteiger partial charge in [0.2, 0.25) is 0 Å². The molecule has 0 aliphatic heterocycles. The summed E-state index contributed by atoms with van der Waals surface area (Å²) in [5.74, 6) is 1.77. The maximum atomic E-state index is 5.46. The summed E-state index contributed by atoms with van der Waals surface area (Å²) in [5, 5.41) is 4.33. The summed E-state index contributed by atoms with van der Waals surface area (Å²) in [4.78, 5) is 6.76. The van der Waals surface area contributed by atoms with Crippen LogP contribution in [0.15, 0.2) is 36.4 Å². The van der Waals surface area contributed by atoms with Crippen molar-refractivity contribution in [2.24, 2.45) is 0 Å². The minimum atomic E-state index is 0.724. The fraction of sp³-hybridized carbons (Fsp3) is 0.316. The lowest BCUT2D eigenvalue weighted by molar-refractivity contribution is 0.371. The van der Waals surface area contributed by atoms with Gasteiger partial charge in [-0.3, -0.25) is 0 Å². The van der Waals surface area contributed by atoms with E-state index in [1.54, 1.807) is 25.6 Å². The van der Waals surface area contributed by atoms with Crippen LogP contribution in [-0.2, 0) is 13.1 Å². The summed E-state index contributed by atoms with van der Waals surface area (Å²) < 4.78 is 11.8. The maximum Gasteiger partial charge on any atom is 0.184 e. The van der Waals surface area contributed by atoms with Crippen LogP contribution in [0.2, 0.25) is 0 Å². The van der Waals surface area contributed by atoms with Gasteiger partial charge in [0.05, 0.1) is 24.4 Å². The molecule has 1 N–H and O–H groups in total. The number of ether oxygens (including phenoxy) is 2. The summed E-state index contributed by atoms with van der Waals surface area (Å²) >= 11 is 1.63. The standard InChI is InChI=1S/C19H23N3O2S/c1-22(2)12-14-9-13(5-8-17(14)24-4)11-20-19-21-16-7-6-15(23-3)10-18(16)25-19/h5-10H,11-12H2,1-4H3,(H,20,21). The third-order valence-corrected chi connectivity index (χ3v) is 4.85. The first-order valence-electron chi connectivity index (χ1n) is 8.08. The molecule has 6 heteroatoms. The van der Waals surface area contributed by atoms with E-state index >= 15 is 0 Å². The number of hydrogen-bond donors (Lipinski definition) is 1. The molecule has 0 bridgehead atoms. The van der Waals surface area contributed by atoms with Crippen LogP contribution >= 0.6 is 11.3 Å². The van der Waals surface area contributed by atoms with Gasteiger partial charge in [0.25, 0.3) is 0 Å². The molecule has 0 radical (unpaired) electrons. The molecule has 1 heterocycles. The second kappa shape index (κ2) is 7.72. The maximum absolute atomic E-state index is 5.46. The minimum absolute atomic E-state index is 0.724. The number of benzene rings is 2. The van der Waals surface area contributed by atoms with Crippen LogP contribution in [0, 0.1) is 0 Å². The first kappa shape index (κ1) is 17.5. The van der Waals surface area contributed by atoms with Gasteiger partial charge in [0.1, 0.15) is 11.5 Å². The highest BCUT2D eigenvalue weighted by atomic mass is 32.1. The minimum Gasteiger partial charge on any atom is -0.497 e. The lowest BCUT2D eigenvalue weighted by atomic mass is 10.1. The number of thiazole rings is 1. The molecule has 0 saturated heterocycles. The zero-order chi connectivity index (χ0) is 17.8.